The van der Waals surface area contributed by atoms with Crippen LogP contribution in [-0.4, -0.2) is 22.6 Å². The van der Waals surface area contributed by atoms with E-state index >= 15 is 0 Å². The second-order valence-electron chi connectivity index (χ2n) is 6.78. The summed E-state index contributed by atoms with van der Waals surface area (Å²) in [6, 6.07) is 12.2. The van der Waals surface area contributed by atoms with Crippen molar-refractivity contribution in [2.45, 2.75) is 6.18 Å². The number of hydrogen-bond acceptors (Lipinski definition) is 3. The van der Waals surface area contributed by atoms with Crippen LogP contribution < -0.4 is 10.1 Å². The number of aromatic nitrogens is 2. The minimum absolute atomic E-state index is 0.0992. The Morgan fingerprint density at radius 1 is 0.969 bits per heavy atom. The summed E-state index contributed by atoms with van der Waals surface area (Å²) < 4.78 is 73.5. The molecule has 4 rings (SSSR count). The third kappa shape index (κ3) is 4.11. The van der Waals surface area contributed by atoms with Crippen molar-refractivity contribution in [3.8, 4) is 11.4 Å². The standard InChI is InChI=1S/C22H14F5N3O2/c1-32-17-6-7-19-18(11-17)29-21(22(25,26)27)30(19)16-4-2-15(3-5-16)28-20(31)12-8-13(23)10-14(24)9-12/h2-11H,1H3,(H,28,31). The summed E-state index contributed by atoms with van der Waals surface area (Å²) in [6.45, 7) is 0. The van der Waals surface area contributed by atoms with Gasteiger partial charge >= 0.3 is 6.18 Å². The highest BCUT2D eigenvalue weighted by Gasteiger charge is 2.38. The van der Waals surface area contributed by atoms with E-state index in [0.717, 1.165) is 16.7 Å². The lowest BCUT2D eigenvalue weighted by Gasteiger charge is -2.12. The topological polar surface area (TPSA) is 56.1 Å². The van der Waals surface area contributed by atoms with Crippen LogP contribution in [-0.2, 0) is 6.18 Å². The highest BCUT2D eigenvalue weighted by atomic mass is 19.4. The van der Waals surface area contributed by atoms with E-state index in [0.29, 0.717) is 11.8 Å². The summed E-state index contributed by atoms with van der Waals surface area (Å²) in [6.07, 6.45) is -4.72. The van der Waals surface area contributed by atoms with E-state index in [4.69, 9.17) is 4.74 Å². The van der Waals surface area contributed by atoms with Crippen LogP contribution in [0.1, 0.15) is 16.2 Å². The second-order valence-corrected chi connectivity index (χ2v) is 6.78. The Morgan fingerprint density at radius 2 is 1.62 bits per heavy atom. The van der Waals surface area contributed by atoms with E-state index in [1.807, 2.05) is 0 Å². The van der Waals surface area contributed by atoms with Crippen LogP contribution in [0, 0.1) is 11.6 Å². The summed E-state index contributed by atoms with van der Waals surface area (Å²) in [4.78, 5) is 15.9. The highest BCUT2D eigenvalue weighted by molar-refractivity contribution is 6.04. The fourth-order valence-electron chi connectivity index (χ4n) is 3.22. The van der Waals surface area contributed by atoms with Gasteiger partial charge in [-0.15, -0.1) is 0 Å². The molecule has 0 fully saturated rings. The third-order valence-electron chi connectivity index (χ3n) is 4.62. The first-order chi connectivity index (χ1) is 15.2. The molecule has 3 aromatic carbocycles. The smallest absolute Gasteiger partial charge is 0.450 e. The molecule has 0 spiro atoms. The minimum atomic E-state index is -4.72. The van der Waals surface area contributed by atoms with Gasteiger partial charge < -0.3 is 10.1 Å². The average Bonchev–Trinajstić information content (AvgIpc) is 3.13. The number of amides is 1. The second kappa shape index (κ2) is 7.95. The Kier molecular flexibility index (Phi) is 5.29. The van der Waals surface area contributed by atoms with Crippen molar-refractivity contribution in [3.63, 3.8) is 0 Å². The fourth-order valence-corrected chi connectivity index (χ4v) is 3.22. The van der Waals surface area contributed by atoms with Gasteiger partial charge in [0.1, 0.15) is 17.4 Å². The number of halogens is 5. The number of nitrogens with zero attached hydrogens (tertiary/aromatic N) is 2. The Hall–Kier alpha value is -3.95. The number of benzene rings is 3. The maximum Gasteiger partial charge on any atom is 0.450 e. The number of fused-ring (bicyclic) bond motifs is 1. The first kappa shape index (κ1) is 21.3. The maximum absolute atomic E-state index is 13.6. The number of ether oxygens (including phenoxy) is 1. The van der Waals surface area contributed by atoms with Crippen molar-refractivity contribution in [1.29, 1.82) is 0 Å². The molecule has 1 aromatic heterocycles. The molecule has 0 saturated carbocycles. The van der Waals surface area contributed by atoms with Gasteiger partial charge in [0.05, 0.1) is 18.1 Å². The molecule has 32 heavy (non-hydrogen) atoms. The molecule has 10 heteroatoms. The molecule has 0 aliphatic rings. The number of rotatable bonds is 4. The lowest BCUT2D eigenvalue weighted by Crippen LogP contribution is -2.14. The molecule has 0 bridgehead atoms. The first-order valence-electron chi connectivity index (χ1n) is 9.17. The van der Waals surface area contributed by atoms with E-state index in [-0.39, 0.29) is 28.0 Å². The van der Waals surface area contributed by atoms with Gasteiger partial charge in [-0.05, 0) is 48.5 Å². The molecule has 4 aromatic rings. The average molecular weight is 447 g/mol. The number of imidazole rings is 1. The molecule has 0 aliphatic carbocycles. The van der Waals surface area contributed by atoms with Gasteiger partial charge in [0.25, 0.3) is 5.91 Å². The van der Waals surface area contributed by atoms with E-state index in [1.54, 1.807) is 0 Å². The van der Waals surface area contributed by atoms with E-state index in [1.165, 1.54) is 49.6 Å². The zero-order valence-electron chi connectivity index (χ0n) is 16.4. The molecule has 5 nitrogen and oxygen atoms in total. The van der Waals surface area contributed by atoms with Gasteiger partial charge in [0, 0.05) is 29.1 Å². The van der Waals surface area contributed by atoms with Crippen molar-refractivity contribution in [2.75, 3.05) is 12.4 Å². The van der Waals surface area contributed by atoms with E-state index < -0.39 is 29.5 Å². The molecular formula is C22H14F5N3O2. The minimum Gasteiger partial charge on any atom is -0.497 e. The molecule has 0 atom stereocenters. The van der Waals surface area contributed by atoms with Crippen LogP contribution in [0.2, 0.25) is 0 Å². The molecule has 0 unspecified atom stereocenters. The van der Waals surface area contributed by atoms with Crippen molar-refractivity contribution in [3.05, 3.63) is 83.7 Å². The van der Waals surface area contributed by atoms with Crippen LogP contribution in [0.4, 0.5) is 27.6 Å². The highest BCUT2D eigenvalue weighted by Crippen LogP contribution is 2.35. The SMILES string of the molecule is COc1ccc2c(c1)nc(C(F)(F)F)n2-c1ccc(NC(=O)c2cc(F)cc(F)c2)cc1. The zero-order chi connectivity index (χ0) is 23.0. The van der Waals surface area contributed by atoms with Crippen molar-refractivity contribution < 1.29 is 31.5 Å². The van der Waals surface area contributed by atoms with Gasteiger partial charge in [0.15, 0.2) is 0 Å². The van der Waals surface area contributed by atoms with Crippen LogP contribution in [0.25, 0.3) is 16.7 Å². The number of anilines is 1. The molecule has 1 amide bonds. The van der Waals surface area contributed by atoms with Crippen LogP contribution in [0.5, 0.6) is 5.75 Å². The quantitative estimate of drug-likeness (QED) is 0.416. The van der Waals surface area contributed by atoms with Crippen LogP contribution in [0.3, 0.4) is 0 Å². The van der Waals surface area contributed by atoms with Gasteiger partial charge in [-0.1, -0.05) is 0 Å². The summed E-state index contributed by atoms with van der Waals surface area (Å²) >= 11 is 0. The van der Waals surface area contributed by atoms with Crippen LogP contribution >= 0.6 is 0 Å². The van der Waals surface area contributed by atoms with Crippen molar-refractivity contribution in [2.24, 2.45) is 0 Å². The summed E-state index contributed by atoms with van der Waals surface area (Å²) in [5.74, 6) is -3.34. The monoisotopic (exact) mass is 447 g/mol. The van der Waals surface area contributed by atoms with Gasteiger partial charge in [-0.3, -0.25) is 9.36 Å². The van der Waals surface area contributed by atoms with E-state index in [9.17, 15) is 26.7 Å². The molecule has 164 valence electrons. The number of carbonyl (C=O) groups is 1. The van der Waals surface area contributed by atoms with Crippen LogP contribution in [0.15, 0.2) is 60.7 Å². The predicted molar refractivity (Wildman–Crippen MR) is 107 cm³/mol. The fraction of sp³-hybridized carbons (Fsp3) is 0.0909. The Labute approximate surface area is 178 Å². The number of nitrogens with one attached hydrogen (secondary N) is 1. The molecular weight excluding hydrogens is 433 g/mol. The molecule has 1 N–H and O–H groups in total. The first-order valence-corrected chi connectivity index (χ1v) is 9.17. The van der Waals surface area contributed by atoms with Gasteiger partial charge in [0.2, 0.25) is 5.82 Å². The maximum atomic E-state index is 13.6. The number of hydrogen-bond donors (Lipinski definition) is 1. The predicted octanol–water partition coefficient (Wildman–Crippen LogP) is 5.58. The third-order valence-corrected chi connectivity index (χ3v) is 4.62. The molecule has 0 radical (unpaired) electrons. The zero-order valence-corrected chi connectivity index (χ0v) is 16.4. The van der Waals surface area contributed by atoms with E-state index in [2.05, 4.69) is 10.3 Å². The molecule has 0 saturated heterocycles. The largest absolute Gasteiger partial charge is 0.497 e. The lowest BCUT2D eigenvalue weighted by molar-refractivity contribution is -0.145. The van der Waals surface area contributed by atoms with Crippen molar-refractivity contribution >= 4 is 22.6 Å². The van der Waals surface area contributed by atoms with Gasteiger partial charge in [-0.25, -0.2) is 13.8 Å². The summed E-state index contributed by atoms with van der Waals surface area (Å²) in [5, 5.41) is 2.45. The summed E-state index contributed by atoms with van der Waals surface area (Å²) in [5.41, 5.74) is 0.454. The lowest BCUT2D eigenvalue weighted by atomic mass is 10.2. The number of carbonyl (C=O) groups excluding carboxylic acids is 1. The molecule has 1 heterocycles. The number of methoxy groups -OCH3 is 1. The summed E-state index contributed by atoms with van der Waals surface area (Å²) in [7, 11) is 1.40. The van der Waals surface area contributed by atoms with Gasteiger partial charge in [-0.2, -0.15) is 13.2 Å². The Bertz CT molecular complexity index is 1290. The Morgan fingerprint density at radius 3 is 2.22 bits per heavy atom. The Balaban J connectivity index is 1.69. The number of alkyl halides is 3. The normalized spacial score (nSPS) is 11.6. The van der Waals surface area contributed by atoms with Crippen molar-refractivity contribution in [1.82, 2.24) is 9.55 Å². The molecule has 0 aliphatic heterocycles.